The number of nitrogens with zero attached hydrogens (tertiary/aromatic N) is 4. The van der Waals surface area contributed by atoms with Crippen LogP contribution in [0.2, 0.25) is 0 Å². The molecule has 0 bridgehead atoms. The van der Waals surface area contributed by atoms with Crippen LogP contribution in [0, 0.1) is 6.92 Å². The summed E-state index contributed by atoms with van der Waals surface area (Å²) in [7, 11) is 0. The molecule has 1 aromatic carbocycles. The molecule has 0 radical (unpaired) electrons. The van der Waals surface area contributed by atoms with Crippen LogP contribution in [0.5, 0.6) is 0 Å². The minimum absolute atomic E-state index is 0.193. The van der Waals surface area contributed by atoms with Gasteiger partial charge >= 0.3 is 0 Å². The van der Waals surface area contributed by atoms with Gasteiger partial charge < -0.3 is 4.52 Å². The molecule has 0 unspecified atom stereocenters. The van der Waals surface area contributed by atoms with Crippen molar-refractivity contribution in [2.45, 2.75) is 12.1 Å². The molecule has 112 valence electrons. The van der Waals surface area contributed by atoms with Crippen molar-refractivity contribution < 1.29 is 9.32 Å². The first-order valence-corrected chi connectivity index (χ1v) is 7.52. The summed E-state index contributed by atoms with van der Waals surface area (Å²) in [4.78, 5) is 16.0. The highest BCUT2D eigenvalue weighted by molar-refractivity contribution is 7.99. The van der Waals surface area contributed by atoms with Crippen LogP contribution >= 0.6 is 11.8 Å². The average molecular weight is 315 g/mol. The van der Waals surface area contributed by atoms with Crippen LogP contribution in [0.1, 0.15) is 5.69 Å². The molecule has 2 aromatic heterocycles. The number of para-hydroxylation sites is 1. The van der Waals surface area contributed by atoms with Gasteiger partial charge in [-0.05, 0) is 19.1 Å². The molecule has 0 aliphatic rings. The Morgan fingerprint density at radius 2 is 2.18 bits per heavy atom. The smallest absolute Gasteiger partial charge is 0.237 e. The van der Waals surface area contributed by atoms with Crippen LogP contribution in [-0.2, 0) is 4.79 Å². The molecule has 0 spiro atoms. The minimum atomic E-state index is -0.197. The maximum absolute atomic E-state index is 11.8. The topological polar surface area (TPSA) is 85.8 Å². The molecule has 3 aromatic rings. The Hall–Kier alpha value is -2.61. The third-order valence-corrected chi connectivity index (χ3v) is 3.57. The predicted octanol–water partition coefficient (Wildman–Crippen LogP) is 2.29. The Kier molecular flexibility index (Phi) is 4.19. The van der Waals surface area contributed by atoms with Gasteiger partial charge in [0.25, 0.3) is 0 Å². The first kappa shape index (κ1) is 14.3. The molecule has 1 amide bonds. The van der Waals surface area contributed by atoms with Crippen LogP contribution in [0.3, 0.4) is 0 Å². The van der Waals surface area contributed by atoms with Crippen LogP contribution in [0.15, 0.2) is 52.4 Å². The molecule has 0 saturated heterocycles. The first-order valence-electron chi connectivity index (χ1n) is 6.54. The van der Waals surface area contributed by atoms with E-state index in [1.807, 2.05) is 30.3 Å². The van der Waals surface area contributed by atoms with Crippen molar-refractivity contribution in [3.63, 3.8) is 0 Å². The van der Waals surface area contributed by atoms with Gasteiger partial charge in [-0.25, -0.2) is 9.67 Å². The summed E-state index contributed by atoms with van der Waals surface area (Å²) in [6, 6.07) is 11.3. The van der Waals surface area contributed by atoms with Crippen molar-refractivity contribution in [2.24, 2.45) is 0 Å². The van der Waals surface area contributed by atoms with Crippen LogP contribution in [0.4, 0.5) is 5.88 Å². The van der Waals surface area contributed by atoms with Crippen molar-refractivity contribution in [3.8, 4) is 5.69 Å². The van der Waals surface area contributed by atoms with Crippen molar-refractivity contribution in [3.05, 3.63) is 48.4 Å². The summed E-state index contributed by atoms with van der Waals surface area (Å²) in [6.07, 6.45) is 1.62. The highest BCUT2D eigenvalue weighted by Crippen LogP contribution is 2.15. The van der Waals surface area contributed by atoms with Gasteiger partial charge in [-0.15, -0.1) is 5.10 Å². The highest BCUT2D eigenvalue weighted by Gasteiger charge is 2.09. The normalized spacial score (nSPS) is 10.6. The van der Waals surface area contributed by atoms with Crippen molar-refractivity contribution in [2.75, 3.05) is 11.1 Å². The number of aryl methyl sites for hydroxylation is 1. The second kappa shape index (κ2) is 6.44. The molecule has 2 heterocycles. The Morgan fingerprint density at radius 3 is 2.91 bits per heavy atom. The third kappa shape index (κ3) is 3.53. The Morgan fingerprint density at radius 1 is 1.36 bits per heavy atom. The second-order valence-corrected chi connectivity index (χ2v) is 5.42. The van der Waals surface area contributed by atoms with Gasteiger partial charge in [-0.3, -0.25) is 10.1 Å². The summed E-state index contributed by atoms with van der Waals surface area (Å²) in [5.74, 6) is 0.335. The maximum atomic E-state index is 11.8. The van der Waals surface area contributed by atoms with Gasteiger partial charge in [0, 0.05) is 6.07 Å². The fourth-order valence-electron chi connectivity index (χ4n) is 1.75. The van der Waals surface area contributed by atoms with Gasteiger partial charge in [-0.2, -0.15) is 0 Å². The number of nitrogens with one attached hydrogen (secondary N) is 1. The molecular weight excluding hydrogens is 302 g/mol. The lowest BCUT2D eigenvalue weighted by atomic mass is 10.3. The number of carbonyl (C=O) groups excluding carboxylic acids is 1. The zero-order valence-corrected chi connectivity index (χ0v) is 12.6. The zero-order valence-electron chi connectivity index (χ0n) is 11.8. The lowest BCUT2D eigenvalue weighted by Crippen LogP contribution is -2.13. The Bertz CT molecular complexity index is 768. The fourth-order valence-corrected chi connectivity index (χ4v) is 2.34. The van der Waals surface area contributed by atoms with E-state index in [-0.39, 0.29) is 11.7 Å². The van der Waals surface area contributed by atoms with Crippen LogP contribution < -0.4 is 5.32 Å². The molecule has 3 rings (SSSR count). The zero-order chi connectivity index (χ0) is 15.4. The number of anilines is 1. The molecule has 1 N–H and O–H groups in total. The number of carbonyl (C=O) groups is 1. The number of rotatable bonds is 5. The number of aromatic nitrogens is 4. The van der Waals surface area contributed by atoms with Crippen LogP contribution in [0.25, 0.3) is 5.69 Å². The van der Waals surface area contributed by atoms with E-state index in [4.69, 9.17) is 4.52 Å². The van der Waals surface area contributed by atoms with E-state index in [0.29, 0.717) is 16.7 Å². The molecule has 0 saturated carbocycles. The van der Waals surface area contributed by atoms with Crippen molar-refractivity contribution in [1.82, 2.24) is 19.9 Å². The molecule has 0 aliphatic heterocycles. The van der Waals surface area contributed by atoms with Gasteiger partial charge in [0.05, 0.1) is 17.1 Å². The summed E-state index contributed by atoms with van der Waals surface area (Å²) >= 11 is 1.25. The Labute approximate surface area is 130 Å². The summed E-state index contributed by atoms with van der Waals surface area (Å²) in [6.45, 7) is 1.79. The average Bonchev–Trinajstić information content (AvgIpc) is 3.15. The molecule has 7 nitrogen and oxygen atoms in total. The summed E-state index contributed by atoms with van der Waals surface area (Å²) in [5, 5.41) is 11.2. The lowest BCUT2D eigenvalue weighted by Gasteiger charge is -1.99. The minimum Gasteiger partial charge on any atom is -0.338 e. The molecule has 22 heavy (non-hydrogen) atoms. The van der Waals surface area contributed by atoms with E-state index in [9.17, 15) is 4.79 Å². The molecule has 0 aliphatic carbocycles. The standard InChI is InChI=1S/C14H13N5O2S/c1-10-7-13(21-18-10)16-12(20)8-22-14-15-9-19(17-14)11-5-3-2-4-6-11/h2-7,9H,8H2,1H3,(H,16,20). The number of amides is 1. The number of benzene rings is 1. The van der Waals surface area contributed by atoms with E-state index >= 15 is 0 Å². The quantitative estimate of drug-likeness (QED) is 0.727. The van der Waals surface area contributed by atoms with Crippen molar-refractivity contribution >= 4 is 23.6 Å². The van der Waals surface area contributed by atoms with E-state index < -0.39 is 0 Å². The number of hydrogen-bond acceptors (Lipinski definition) is 6. The highest BCUT2D eigenvalue weighted by atomic mass is 32.2. The number of thioether (sulfide) groups is 1. The largest absolute Gasteiger partial charge is 0.338 e. The Balaban J connectivity index is 1.56. The van der Waals surface area contributed by atoms with E-state index in [2.05, 4.69) is 20.6 Å². The molecule has 0 fully saturated rings. The van der Waals surface area contributed by atoms with Crippen molar-refractivity contribution in [1.29, 1.82) is 0 Å². The van der Waals surface area contributed by atoms with Gasteiger partial charge in [-0.1, -0.05) is 35.1 Å². The molecule has 8 heteroatoms. The lowest BCUT2D eigenvalue weighted by molar-refractivity contribution is -0.113. The third-order valence-electron chi connectivity index (χ3n) is 2.71. The van der Waals surface area contributed by atoms with E-state index in [0.717, 1.165) is 5.69 Å². The van der Waals surface area contributed by atoms with E-state index in [1.165, 1.54) is 11.8 Å². The maximum Gasteiger partial charge on any atom is 0.237 e. The SMILES string of the molecule is Cc1cc(NC(=O)CSc2ncn(-c3ccccc3)n2)on1. The molecule has 0 atom stereocenters. The summed E-state index contributed by atoms with van der Waals surface area (Å²) in [5.41, 5.74) is 1.63. The fraction of sp³-hybridized carbons (Fsp3) is 0.143. The van der Waals surface area contributed by atoms with Gasteiger partial charge in [0.1, 0.15) is 6.33 Å². The first-order chi connectivity index (χ1) is 10.7. The second-order valence-electron chi connectivity index (χ2n) is 4.48. The summed E-state index contributed by atoms with van der Waals surface area (Å²) < 4.78 is 6.59. The molecular formula is C14H13N5O2S. The van der Waals surface area contributed by atoms with Crippen LogP contribution in [-0.4, -0.2) is 31.6 Å². The predicted molar refractivity (Wildman–Crippen MR) is 82.0 cm³/mol. The van der Waals surface area contributed by atoms with Gasteiger partial charge in [0.15, 0.2) is 0 Å². The monoisotopic (exact) mass is 315 g/mol. The number of hydrogen-bond donors (Lipinski definition) is 1. The van der Waals surface area contributed by atoms with Gasteiger partial charge in [0.2, 0.25) is 16.9 Å². The van der Waals surface area contributed by atoms with E-state index in [1.54, 1.807) is 24.0 Å².